The molecule has 0 aliphatic carbocycles. The van der Waals surface area contributed by atoms with Crippen LogP contribution in [-0.4, -0.2) is 33.8 Å². The van der Waals surface area contributed by atoms with Crippen molar-refractivity contribution in [3.05, 3.63) is 17.2 Å². The molecule has 5 nitrogen and oxygen atoms in total. The van der Waals surface area contributed by atoms with Crippen molar-refractivity contribution in [2.45, 2.75) is 0 Å². The summed E-state index contributed by atoms with van der Waals surface area (Å²) in [6.45, 7) is 0. The van der Waals surface area contributed by atoms with E-state index >= 15 is 0 Å². The summed E-state index contributed by atoms with van der Waals surface area (Å²) in [6.07, 6.45) is 0. The summed E-state index contributed by atoms with van der Waals surface area (Å²) in [5, 5.41) is 3.15. The average Bonchev–Trinajstić information content (AvgIpc) is 2.70. The minimum atomic E-state index is -0.248. The van der Waals surface area contributed by atoms with Crippen LogP contribution in [0.2, 0.25) is 5.02 Å². The van der Waals surface area contributed by atoms with Crippen LogP contribution in [0.25, 0.3) is 11.0 Å². The third-order valence-electron chi connectivity index (χ3n) is 2.02. The number of hydrogen-bond acceptors (Lipinski definition) is 4. The van der Waals surface area contributed by atoms with Gasteiger partial charge in [-0.15, -0.1) is 0 Å². The first-order chi connectivity index (χ1) is 7.59. The number of nitrogens with one attached hydrogen (secondary N) is 1. The summed E-state index contributed by atoms with van der Waals surface area (Å²) >= 11 is 7.10. The molecule has 0 radical (unpaired) electrons. The fourth-order valence-corrected chi connectivity index (χ4v) is 1.91. The molecule has 0 aliphatic rings. The molecule has 84 valence electrons. The van der Waals surface area contributed by atoms with Gasteiger partial charge in [0.25, 0.3) is 0 Å². The van der Waals surface area contributed by atoms with E-state index in [2.05, 4.69) is 14.1 Å². The molecule has 0 saturated heterocycles. The molecule has 0 unspecified atom stereocenters. The average molecular weight is 257 g/mol. The van der Waals surface area contributed by atoms with Crippen molar-refractivity contribution in [1.82, 2.24) is 13.6 Å². The minimum Gasteiger partial charge on any atom is -0.331 e. The second-order valence-electron chi connectivity index (χ2n) is 3.38. The molecule has 2 rings (SSSR count). The second kappa shape index (κ2) is 4.23. The van der Waals surface area contributed by atoms with Crippen molar-refractivity contribution in [2.75, 3.05) is 19.4 Å². The molecule has 0 bridgehead atoms. The number of anilines is 1. The number of rotatable bonds is 1. The smallest absolute Gasteiger partial charge is 0.321 e. The molecule has 0 fully saturated rings. The van der Waals surface area contributed by atoms with E-state index in [0.29, 0.717) is 16.2 Å². The van der Waals surface area contributed by atoms with Crippen molar-refractivity contribution >= 4 is 46.1 Å². The SMILES string of the molecule is CN(C)C(=O)Nc1c(Cl)ccc2nsnc12. The summed E-state index contributed by atoms with van der Waals surface area (Å²) in [5.41, 5.74) is 1.85. The van der Waals surface area contributed by atoms with Gasteiger partial charge in [0.1, 0.15) is 11.0 Å². The van der Waals surface area contributed by atoms with Gasteiger partial charge in [-0.25, -0.2) is 4.79 Å². The Morgan fingerprint density at radius 2 is 2.19 bits per heavy atom. The first kappa shape index (κ1) is 11.1. The van der Waals surface area contributed by atoms with Gasteiger partial charge in [0.05, 0.1) is 22.4 Å². The molecule has 16 heavy (non-hydrogen) atoms. The highest BCUT2D eigenvalue weighted by atomic mass is 35.5. The van der Waals surface area contributed by atoms with Crippen LogP contribution in [0.5, 0.6) is 0 Å². The van der Waals surface area contributed by atoms with Crippen LogP contribution in [0, 0.1) is 0 Å². The molecule has 1 heterocycles. The molecule has 2 amide bonds. The number of hydrogen-bond donors (Lipinski definition) is 1. The first-order valence-corrected chi connectivity index (χ1v) is 5.59. The van der Waals surface area contributed by atoms with Crippen LogP contribution < -0.4 is 5.32 Å². The highest BCUT2D eigenvalue weighted by Crippen LogP contribution is 2.29. The van der Waals surface area contributed by atoms with Crippen molar-refractivity contribution < 1.29 is 4.79 Å². The molecular formula is C9H9ClN4OS. The first-order valence-electron chi connectivity index (χ1n) is 4.48. The van der Waals surface area contributed by atoms with Crippen LogP contribution in [0.4, 0.5) is 10.5 Å². The van der Waals surface area contributed by atoms with E-state index in [1.807, 2.05) is 0 Å². The lowest BCUT2D eigenvalue weighted by Crippen LogP contribution is -2.27. The predicted molar refractivity (Wildman–Crippen MR) is 65.1 cm³/mol. The predicted octanol–water partition coefficient (Wildman–Crippen LogP) is 2.44. The maximum absolute atomic E-state index is 11.5. The number of aromatic nitrogens is 2. The number of amides is 2. The molecule has 1 N–H and O–H groups in total. The second-order valence-corrected chi connectivity index (χ2v) is 4.31. The summed E-state index contributed by atoms with van der Waals surface area (Å²) in [5.74, 6) is 0. The van der Waals surface area contributed by atoms with Crippen LogP contribution in [-0.2, 0) is 0 Å². The Morgan fingerprint density at radius 1 is 1.44 bits per heavy atom. The molecular weight excluding hydrogens is 248 g/mol. The third-order valence-corrected chi connectivity index (χ3v) is 2.87. The van der Waals surface area contributed by atoms with Gasteiger partial charge in [-0.05, 0) is 12.1 Å². The minimum absolute atomic E-state index is 0.248. The van der Waals surface area contributed by atoms with E-state index in [1.54, 1.807) is 26.2 Å². The number of nitrogens with zero attached hydrogens (tertiary/aromatic N) is 3. The van der Waals surface area contributed by atoms with Crippen LogP contribution in [0.3, 0.4) is 0 Å². The number of carbonyl (C=O) groups is 1. The lowest BCUT2D eigenvalue weighted by Gasteiger charge is -2.12. The van der Waals surface area contributed by atoms with Gasteiger partial charge in [0, 0.05) is 14.1 Å². The molecule has 0 spiro atoms. The Balaban J connectivity index is 2.46. The zero-order valence-corrected chi connectivity index (χ0v) is 10.3. The van der Waals surface area contributed by atoms with E-state index < -0.39 is 0 Å². The van der Waals surface area contributed by atoms with Gasteiger partial charge in [-0.2, -0.15) is 8.75 Å². The van der Waals surface area contributed by atoms with Crippen molar-refractivity contribution in [3.63, 3.8) is 0 Å². The zero-order valence-electron chi connectivity index (χ0n) is 8.69. The van der Waals surface area contributed by atoms with Crippen LogP contribution >= 0.6 is 23.3 Å². The van der Waals surface area contributed by atoms with Gasteiger partial charge in [-0.3, -0.25) is 0 Å². The maximum atomic E-state index is 11.5. The summed E-state index contributed by atoms with van der Waals surface area (Å²) in [6, 6.07) is 3.21. The lowest BCUT2D eigenvalue weighted by molar-refractivity contribution is 0.231. The Labute approximate surface area is 101 Å². The Bertz CT molecular complexity index is 539. The lowest BCUT2D eigenvalue weighted by atomic mass is 10.2. The standard InChI is InChI=1S/C9H9ClN4OS/c1-14(2)9(15)11-7-5(10)3-4-6-8(7)13-16-12-6/h3-4H,1-2H3,(H,11,15). The quantitative estimate of drug-likeness (QED) is 0.853. The van der Waals surface area contributed by atoms with Gasteiger partial charge in [-0.1, -0.05) is 11.6 Å². The molecule has 0 saturated carbocycles. The molecule has 1 aromatic carbocycles. The largest absolute Gasteiger partial charge is 0.331 e. The van der Waals surface area contributed by atoms with Gasteiger partial charge in [0.2, 0.25) is 0 Å². The van der Waals surface area contributed by atoms with Crippen molar-refractivity contribution in [1.29, 1.82) is 0 Å². The Kier molecular flexibility index (Phi) is 2.93. The topological polar surface area (TPSA) is 58.1 Å². The van der Waals surface area contributed by atoms with E-state index in [-0.39, 0.29) is 6.03 Å². The van der Waals surface area contributed by atoms with Crippen LogP contribution in [0.15, 0.2) is 12.1 Å². The molecule has 7 heteroatoms. The monoisotopic (exact) mass is 256 g/mol. The van der Waals surface area contributed by atoms with E-state index in [1.165, 1.54) is 4.90 Å². The maximum Gasteiger partial charge on any atom is 0.321 e. The fourth-order valence-electron chi connectivity index (χ4n) is 1.16. The normalized spacial score (nSPS) is 10.4. The van der Waals surface area contributed by atoms with Gasteiger partial charge in [0.15, 0.2) is 0 Å². The Morgan fingerprint density at radius 3 is 2.88 bits per heavy atom. The molecule has 0 atom stereocenters. The molecule has 2 aromatic rings. The number of benzene rings is 1. The Hall–Kier alpha value is -1.40. The van der Waals surface area contributed by atoms with E-state index in [4.69, 9.17) is 11.6 Å². The number of halogens is 1. The fraction of sp³-hybridized carbons (Fsp3) is 0.222. The van der Waals surface area contributed by atoms with E-state index in [9.17, 15) is 4.79 Å². The van der Waals surface area contributed by atoms with Gasteiger partial charge < -0.3 is 10.2 Å². The van der Waals surface area contributed by atoms with Crippen molar-refractivity contribution in [3.8, 4) is 0 Å². The van der Waals surface area contributed by atoms with E-state index in [0.717, 1.165) is 17.2 Å². The van der Waals surface area contributed by atoms with Crippen molar-refractivity contribution in [2.24, 2.45) is 0 Å². The highest BCUT2D eigenvalue weighted by molar-refractivity contribution is 7.00. The summed E-state index contributed by atoms with van der Waals surface area (Å²) < 4.78 is 8.18. The number of urea groups is 1. The highest BCUT2D eigenvalue weighted by Gasteiger charge is 2.13. The summed E-state index contributed by atoms with van der Waals surface area (Å²) in [7, 11) is 3.31. The number of fused-ring (bicyclic) bond motifs is 1. The zero-order chi connectivity index (χ0) is 11.7. The van der Waals surface area contributed by atoms with Gasteiger partial charge >= 0.3 is 6.03 Å². The molecule has 0 aliphatic heterocycles. The summed E-state index contributed by atoms with van der Waals surface area (Å²) in [4.78, 5) is 13.0. The molecule has 1 aromatic heterocycles. The number of carbonyl (C=O) groups excluding carboxylic acids is 1. The van der Waals surface area contributed by atoms with Crippen LogP contribution in [0.1, 0.15) is 0 Å². The third kappa shape index (κ3) is 1.94.